The van der Waals surface area contributed by atoms with Crippen LogP contribution >= 0.6 is 0 Å². The number of fused-ring (bicyclic) bond motifs is 3. The van der Waals surface area contributed by atoms with Crippen LogP contribution in [0.25, 0.3) is 11.1 Å². The standard InChI is InChI=1S/C21H24.2Li/c1-3-5-15-21(16-6-4-2)19-13-9-7-11-17(19)18-12-8-10-14-20(18)21;;/h7-8,11-14H,3-6,15-16H2,1-2H3;;/q-2;2*+1. The first-order chi connectivity index (χ1) is 10.3. The van der Waals surface area contributed by atoms with Crippen molar-refractivity contribution in [2.75, 3.05) is 0 Å². The van der Waals surface area contributed by atoms with Crippen LogP contribution in [0.1, 0.15) is 63.5 Å². The molecule has 23 heavy (non-hydrogen) atoms. The number of rotatable bonds is 6. The topological polar surface area (TPSA) is 0 Å². The van der Waals surface area contributed by atoms with Gasteiger partial charge < -0.3 is 0 Å². The summed E-state index contributed by atoms with van der Waals surface area (Å²) in [5, 5.41) is 0. The monoisotopic (exact) mass is 290 g/mol. The average molecular weight is 290 g/mol. The molecule has 1 aliphatic carbocycles. The molecule has 0 spiro atoms. The van der Waals surface area contributed by atoms with Gasteiger partial charge in [0, 0.05) is 0 Å². The van der Waals surface area contributed by atoms with E-state index in [-0.39, 0.29) is 43.1 Å². The van der Waals surface area contributed by atoms with E-state index < -0.39 is 0 Å². The Labute approximate surface area is 165 Å². The zero-order valence-corrected chi connectivity index (χ0v) is 15.2. The molecule has 0 amide bonds. The van der Waals surface area contributed by atoms with E-state index in [0.29, 0.717) is 0 Å². The molecule has 0 saturated heterocycles. The third-order valence-electron chi connectivity index (χ3n) is 4.96. The third-order valence-corrected chi connectivity index (χ3v) is 4.96. The van der Waals surface area contributed by atoms with Crippen LogP contribution in [-0.2, 0) is 5.41 Å². The molecule has 1 aliphatic rings. The second kappa shape index (κ2) is 9.20. The van der Waals surface area contributed by atoms with E-state index in [1.165, 1.54) is 60.8 Å². The normalized spacial score (nSPS) is 13.5. The van der Waals surface area contributed by atoms with E-state index in [1.807, 2.05) is 0 Å². The Bertz CT molecular complexity index is 563. The molecule has 0 atom stereocenters. The molecule has 0 aliphatic heterocycles. The van der Waals surface area contributed by atoms with Gasteiger partial charge in [-0.2, -0.15) is 59.7 Å². The summed E-state index contributed by atoms with van der Waals surface area (Å²) in [6.45, 7) is 4.58. The van der Waals surface area contributed by atoms with Crippen LogP contribution in [0.4, 0.5) is 0 Å². The molecule has 110 valence electrons. The van der Waals surface area contributed by atoms with Crippen molar-refractivity contribution in [2.45, 2.75) is 57.8 Å². The van der Waals surface area contributed by atoms with Gasteiger partial charge in [0.1, 0.15) is 0 Å². The summed E-state index contributed by atoms with van der Waals surface area (Å²) < 4.78 is 0. The van der Waals surface area contributed by atoms with Gasteiger partial charge in [-0.25, -0.2) is 0 Å². The fourth-order valence-electron chi connectivity index (χ4n) is 3.89. The second-order valence-corrected chi connectivity index (χ2v) is 6.23. The van der Waals surface area contributed by atoms with Gasteiger partial charge in [-0.3, -0.25) is 0 Å². The van der Waals surface area contributed by atoms with Gasteiger partial charge in [-0.05, 0) is 0 Å². The molecule has 0 N–H and O–H groups in total. The molecule has 0 nitrogen and oxygen atoms in total. The maximum absolute atomic E-state index is 3.33. The Morgan fingerprint density at radius 3 is 1.61 bits per heavy atom. The molecule has 2 heteroatoms. The maximum atomic E-state index is 3.33. The molecule has 0 unspecified atom stereocenters. The van der Waals surface area contributed by atoms with Crippen molar-refractivity contribution in [3.8, 4) is 11.1 Å². The van der Waals surface area contributed by atoms with Crippen molar-refractivity contribution >= 4 is 0 Å². The molecule has 2 aromatic carbocycles. The first kappa shape index (κ1) is 20.7. The fourth-order valence-corrected chi connectivity index (χ4v) is 3.89. The molecular formula is C21H24Li2. The number of benzene rings is 2. The molecule has 0 aromatic heterocycles. The first-order valence-corrected chi connectivity index (χ1v) is 8.35. The summed E-state index contributed by atoms with van der Waals surface area (Å²) >= 11 is 0. The van der Waals surface area contributed by atoms with Crippen molar-refractivity contribution in [2.24, 2.45) is 0 Å². The van der Waals surface area contributed by atoms with Gasteiger partial charge in [-0.1, -0.05) is 57.8 Å². The van der Waals surface area contributed by atoms with Crippen LogP contribution in [0.3, 0.4) is 0 Å². The molecule has 0 fully saturated rings. The van der Waals surface area contributed by atoms with Crippen LogP contribution in [-0.4, -0.2) is 0 Å². The van der Waals surface area contributed by atoms with Crippen molar-refractivity contribution in [3.05, 3.63) is 59.7 Å². The van der Waals surface area contributed by atoms with Crippen LogP contribution in [0.5, 0.6) is 0 Å². The van der Waals surface area contributed by atoms with Crippen molar-refractivity contribution in [1.82, 2.24) is 0 Å². The van der Waals surface area contributed by atoms with Gasteiger partial charge in [0.2, 0.25) is 0 Å². The van der Waals surface area contributed by atoms with Crippen LogP contribution in [0.2, 0.25) is 0 Å². The Balaban J connectivity index is 0.00000132. The van der Waals surface area contributed by atoms with Crippen molar-refractivity contribution < 1.29 is 37.7 Å². The minimum Gasteiger partial charge on any atom is -0.184 e. The Hall–Kier alpha value is -0.365. The second-order valence-electron chi connectivity index (χ2n) is 6.23. The third kappa shape index (κ3) is 3.68. The Morgan fingerprint density at radius 2 is 1.22 bits per heavy atom. The molecule has 0 radical (unpaired) electrons. The molecule has 0 bridgehead atoms. The Kier molecular flexibility index (Phi) is 8.28. The van der Waals surface area contributed by atoms with Gasteiger partial charge in [0.05, 0.1) is 0 Å². The summed E-state index contributed by atoms with van der Waals surface area (Å²) in [7, 11) is 0. The molecule has 3 rings (SSSR count). The van der Waals surface area contributed by atoms with Crippen molar-refractivity contribution in [3.63, 3.8) is 0 Å². The van der Waals surface area contributed by atoms with Crippen LogP contribution in [0.15, 0.2) is 36.4 Å². The molecule has 0 heterocycles. The minimum absolute atomic E-state index is 0. The fraction of sp³-hybridized carbons (Fsp3) is 0.429. The van der Waals surface area contributed by atoms with Gasteiger partial charge in [0.25, 0.3) is 0 Å². The average Bonchev–Trinajstić information content (AvgIpc) is 2.82. The summed E-state index contributed by atoms with van der Waals surface area (Å²) in [6, 6.07) is 19.7. The van der Waals surface area contributed by atoms with E-state index >= 15 is 0 Å². The SMILES string of the molecule is CCCCC1(CCCC)c2c[c-]ccc2-c2cc[c-]cc21.[Li+].[Li+]. The molecular weight excluding hydrogens is 266 g/mol. The predicted molar refractivity (Wildman–Crippen MR) is 89.4 cm³/mol. The molecule has 2 aromatic rings. The zero-order chi connectivity index (χ0) is 14.7. The van der Waals surface area contributed by atoms with E-state index in [9.17, 15) is 0 Å². The summed E-state index contributed by atoms with van der Waals surface area (Å²) in [6.07, 6.45) is 7.58. The quantitative estimate of drug-likeness (QED) is 0.517. The predicted octanol–water partition coefficient (Wildman–Crippen LogP) is -0.0581. The maximum Gasteiger partial charge on any atom is 1.00 e. The minimum atomic E-state index is 0. The summed E-state index contributed by atoms with van der Waals surface area (Å²) in [4.78, 5) is 0. The van der Waals surface area contributed by atoms with Gasteiger partial charge in [0.15, 0.2) is 0 Å². The summed E-state index contributed by atoms with van der Waals surface area (Å²) in [5.41, 5.74) is 6.05. The van der Waals surface area contributed by atoms with Gasteiger partial charge >= 0.3 is 37.7 Å². The smallest absolute Gasteiger partial charge is 0.184 e. The number of hydrogen-bond donors (Lipinski definition) is 0. The Morgan fingerprint density at radius 1 is 0.783 bits per heavy atom. The van der Waals surface area contributed by atoms with Gasteiger partial charge in [-0.15, -0.1) is 11.1 Å². The first-order valence-electron chi connectivity index (χ1n) is 8.35. The van der Waals surface area contributed by atoms with E-state index in [2.05, 4.69) is 62.4 Å². The van der Waals surface area contributed by atoms with E-state index in [1.54, 1.807) is 0 Å². The van der Waals surface area contributed by atoms with E-state index in [4.69, 9.17) is 0 Å². The van der Waals surface area contributed by atoms with Crippen molar-refractivity contribution in [1.29, 1.82) is 0 Å². The van der Waals surface area contributed by atoms with Crippen LogP contribution < -0.4 is 37.7 Å². The van der Waals surface area contributed by atoms with E-state index in [0.717, 1.165) is 0 Å². The largest absolute Gasteiger partial charge is 1.00 e. The number of hydrogen-bond acceptors (Lipinski definition) is 0. The summed E-state index contributed by atoms with van der Waals surface area (Å²) in [5.74, 6) is 0. The van der Waals surface area contributed by atoms with Crippen LogP contribution in [0, 0.1) is 12.1 Å². The molecule has 0 saturated carbocycles. The number of unbranched alkanes of at least 4 members (excludes halogenated alkanes) is 2. The zero-order valence-electron chi connectivity index (χ0n) is 15.2.